The summed E-state index contributed by atoms with van der Waals surface area (Å²) >= 11 is 0. The monoisotopic (exact) mass is 252 g/mol. The number of rotatable bonds is 2. The second kappa shape index (κ2) is 4.49. The van der Waals surface area contributed by atoms with Crippen LogP contribution < -0.4 is 5.73 Å². The van der Waals surface area contributed by atoms with Gasteiger partial charge in [0.25, 0.3) is 0 Å². The average molecular weight is 252 g/mol. The van der Waals surface area contributed by atoms with Gasteiger partial charge in [-0.1, -0.05) is 18.2 Å². The number of aryl methyl sites for hydroxylation is 1. The van der Waals surface area contributed by atoms with Crippen LogP contribution in [0.15, 0.2) is 42.7 Å². The Bertz CT molecular complexity index is 704. The predicted octanol–water partition coefficient (Wildman–Crippen LogP) is 1.61. The standard InChI is InChI=1S/C13H12N6/c1-9-17-18-13(11-12(14)16-8-7-15-11)19(9)10-5-3-2-4-6-10/h2-8H,1H3,(H2,14,16). The van der Waals surface area contributed by atoms with Crippen molar-refractivity contribution < 1.29 is 0 Å². The summed E-state index contributed by atoms with van der Waals surface area (Å²) in [5.74, 6) is 1.70. The second-order valence-corrected chi connectivity index (χ2v) is 4.03. The third-order valence-electron chi connectivity index (χ3n) is 2.78. The third-order valence-corrected chi connectivity index (χ3v) is 2.78. The van der Waals surface area contributed by atoms with Crippen LogP contribution >= 0.6 is 0 Å². The molecule has 0 fully saturated rings. The molecule has 0 amide bonds. The first kappa shape index (κ1) is 11.3. The maximum atomic E-state index is 5.85. The normalized spacial score (nSPS) is 10.6. The largest absolute Gasteiger partial charge is 0.382 e. The molecule has 0 aliphatic carbocycles. The van der Waals surface area contributed by atoms with Crippen molar-refractivity contribution in [3.05, 3.63) is 48.5 Å². The summed E-state index contributed by atoms with van der Waals surface area (Å²) < 4.78 is 1.90. The van der Waals surface area contributed by atoms with Crippen LogP contribution in [0.3, 0.4) is 0 Å². The first-order valence-corrected chi connectivity index (χ1v) is 5.81. The first-order chi connectivity index (χ1) is 9.27. The summed E-state index contributed by atoms with van der Waals surface area (Å²) in [6.45, 7) is 1.88. The molecule has 3 aromatic rings. The SMILES string of the molecule is Cc1nnc(-c2nccnc2N)n1-c1ccccc1. The molecule has 0 spiro atoms. The number of hydrogen-bond donors (Lipinski definition) is 1. The van der Waals surface area contributed by atoms with Gasteiger partial charge < -0.3 is 5.73 Å². The van der Waals surface area contributed by atoms with Gasteiger partial charge in [0.15, 0.2) is 17.3 Å². The number of anilines is 1. The Kier molecular flexibility index (Phi) is 2.68. The fraction of sp³-hybridized carbons (Fsp3) is 0.0769. The van der Waals surface area contributed by atoms with Crippen molar-refractivity contribution >= 4 is 5.82 Å². The minimum atomic E-state index is 0.340. The summed E-state index contributed by atoms with van der Waals surface area (Å²) in [6.07, 6.45) is 3.14. The van der Waals surface area contributed by atoms with Gasteiger partial charge in [0, 0.05) is 18.1 Å². The number of hydrogen-bond acceptors (Lipinski definition) is 5. The van der Waals surface area contributed by atoms with Crippen molar-refractivity contribution in [2.45, 2.75) is 6.92 Å². The zero-order valence-corrected chi connectivity index (χ0v) is 10.4. The van der Waals surface area contributed by atoms with Crippen LogP contribution in [0.25, 0.3) is 17.2 Å². The van der Waals surface area contributed by atoms with Gasteiger partial charge in [0.05, 0.1) is 0 Å². The Morgan fingerprint density at radius 2 is 1.74 bits per heavy atom. The van der Waals surface area contributed by atoms with E-state index in [4.69, 9.17) is 5.73 Å². The zero-order chi connectivity index (χ0) is 13.2. The number of nitrogen functional groups attached to an aromatic ring is 1. The van der Waals surface area contributed by atoms with Crippen molar-refractivity contribution in [2.75, 3.05) is 5.73 Å². The molecule has 0 atom stereocenters. The number of nitrogens with zero attached hydrogens (tertiary/aromatic N) is 5. The molecule has 2 aromatic heterocycles. The van der Waals surface area contributed by atoms with Crippen LogP contribution in [-0.4, -0.2) is 24.7 Å². The predicted molar refractivity (Wildman–Crippen MR) is 71.5 cm³/mol. The summed E-state index contributed by atoms with van der Waals surface area (Å²) in [5, 5.41) is 8.25. The Morgan fingerprint density at radius 1 is 1.00 bits per heavy atom. The fourth-order valence-electron chi connectivity index (χ4n) is 1.92. The molecule has 94 valence electrons. The van der Waals surface area contributed by atoms with Crippen molar-refractivity contribution in [1.29, 1.82) is 0 Å². The van der Waals surface area contributed by atoms with E-state index in [-0.39, 0.29) is 0 Å². The van der Waals surface area contributed by atoms with Crippen LogP contribution in [-0.2, 0) is 0 Å². The molecule has 3 rings (SSSR count). The molecule has 0 aliphatic rings. The van der Waals surface area contributed by atoms with Gasteiger partial charge in [-0.25, -0.2) is 9.97 Å². The number of para-hydroxylation sites is 1. The van der Waals surface area contributed by atoms with Crippen molar-refractivity contribution in [3.63, 3.8) is 0 Å². The summed E-state index contributed by atoms with van der Waals surface area (Å²) in [4.78, 5) is 8.27. The second-order valence-electron chi connectivity index (χ2n) is 4.03. The van der Waals surface area contributed by atoms with E-state index in [1.165, 1.54) is 0 Å². The number of benzene rings is 1. The minimum Gasteiger partial charge on any atom is -0.382 e. The molecule has 0 unspecified atom stereocenters. The van der Waals surface area contributed by atoms with Crippen LogP contribution in [0.1, 0.15) is 5.82 Å². The molecule has 0 bridgehead atoms. The first-order valence-electron chi connectivity index (χ1n) is 5.81. The molecule has 2 N–H and O–H groups in total. The van der Waals surface area contributed by atoms with E-state index >= 15 is 0 Å². The molecule has 19 heavy (non-hydrogen) atoms. The van der Waals surface area contributed by atoms with E-state index in [9.17, 15) is 0 Å². The molecule has 6 heteroatoms. The quantitative estimate of drug-likeness (QED) is 0.749. The van der Waals surface area contributed by atoms with Gasteiger partial charge >= 0.3 is 0 Å². The Balaban J connectivity index is 2.23. The van der Waals surface area contributed by atoms with E-state index in [0.717, 1.165) is 11.5 Å². The molecule has 1 aromatic carbocycles. The maximum Gasteiger partial charge on any atom is 0.191 e. The van der Waals surface area contributed by atoms with Crippen molar-refractivity contribution in [2.24, 2.45) is 0 Å². The Morgan fingerprint density at radius 3 is 2.47 bits per heavy atom. The summed E-state index contributed by atoms with van der Waals surface area (Å²) in [6, 6.07) is 9.83. The van der Waals surface area contributed by atoms with Crippen molar-refractivity contribution in [3.8, 4) is 17.2 Å². The van der Waals surface area contributed by atoms with Gasteiger partial charge in [0.2, 0.25) is 0 Å². The highest BCUT2D eigenvalue weighted by Crippen LogP contribution is 2.23. The highest BCUT2D eigenvalue weighted by Gasteiger charge is 2.16. The van der Waals surface area contributed by atoms with Crippen LogP contribution in [0.2, 0.25) is 0 Å². The van der Waals surface area contributed by atoms with E-state index in [2.05, 4.69) is 20.2 Å². The number of aromatic nitrogens is 5. The third kappa shape index (κ3) is 1.93. The highest BCUT2D eigenvalue weighted by atomic mass is 15.3. The van der Waals surface area contributed by atoms with Gasteiger partial charge in [-0.15, -0.1) is 10.2 Å². The molecular formula is C13H12N6. The lowest BCUT2D eigenvalue weighted by atomic mass is 10.3. The molecular weight excluding hydrogens is 240 g/mol. The molecule has 0 saturated heterocycles. The zero-order valence-electron chi connectivity index (χ0n) is 10.4. The highest BCUT2D eigenvalue weighted by molar-refractivity contribution is 5.65. The van der Waals surface area contributed by atoms with E-state index in [1.807, 2.05) is 41.8 Å². The lowest BCUT2D eigenvalue weighted by molar-refractivity contribution is 0.969. The molecule has 0 radical (unpaired) electrons. The summed E-state index contributed by atoms with van der Waals surface area (Å²) in [7, 11) is 0. The number of nitrogens with two attached hydrogens (primary N) is 1. The van der Waals surface area contributed by atoms with Crippen molar-refractivity contribution in [1.82, 2.24) is 24.7 Å². The fourth-order valence-corrected chi connectivity index (χ4v) is 1.92. The molecule has 0 saturated carbocycles. The van der Waals surface area contributed by atoms with E-state index in [1.54, 1.807) is 12.4 Å². The smallest absolute Gasteiger partial charge is 0.191 e. The molecule has 6 nitrogen and oxygen atoms in total. The Hall–Kier alpha value is -2.76. The van der Waals surface area contributed by atoms with E-state index < -0.39 is 0 Å². The van der Waals surface area contributed by atoms with Gasteiger partial charge in [-0.3, -0.25) is 4.57 Å². The summed E-state index contributed by atoms with van der Waals surface area (Å²) in [5.41, 5.74) is 7.35. The van der Waals surface area contributed by atoms with E-state index in [0.29, 0.717) is 17.3 Å². The lowest BCUT2D eigenvalue weighted by Gasteiger charge is -2.08. The molecule has 0 aliphatic heterocycles. The topological polar surface area (TPSA) is 82.5 Å². The minimum absolute atomic E-state index is 0.340. The lowest BCUT2D eigenvalue weighted by Crippen LogP contribution is -2.04. The van der Waals surface area contributed by atoms with Crippen LogP contribution in [0.5, 0.6) is 0 Å². The molecule has 2 heterocycles. The van der Waals surface area contributed by atoms with Crippen LogP contribution in [0.4, 0.5) is 5.82 Å². The van der Waals surface area contributed by atoms with Gasteiger partial charge in [0.1, 0.15) is 5.82 Å². The average Bonchev–Trinajstić information content (AvgIpc) is 2.82. The maximum absolute atomic E-state index is 5.85. The van der Waals surface area contributed by atoms with Gasteiger partial charge in [-0.05, 0) is 19.1 Å². The van der Waals surface area contributed by atoms with Crippen LogP contribution in [0, 0.1) is 6.92 Å². The van der Waals surface area contributed by atoms with Gasteiger partial charge in [-0.2, -0.15) is 0 Å². The Labute approximate surface area is 110 Å².